The molecule has 0 unspecified atom stereocenters. The van der Waals surface area contributed by atoms with Gasteiger partial charge in [0.2, 0.25) is 0 Å². The van der Waals surface area contributed by atoms with Crippen LogP contribution < -0.4 is 5.32 Å². The summed E-state index contributed by atoms with van der Waals surface area (Å²) in [5, 5.41) is 3.05. The minimum absolute atomic E-state index is 0.701. The number of rotatable bonds is 9. The van der Waals surface area contributed by atoms with Crippen molar-refractivity contribution in [3.05, 3.63) is 12.2 Å². The predicted octanol–water partition coefficient (Wildman–Crippen LogP) is 2.36. The standard InChI is InChI=1S/C11H23NO/c1-4-5-6-7-8-13-10-11(2)9-12-3/h12H,2,4-10H2,1,3H3. The number of hydrogen-bond donors (Lipinski definition) is 1. The lowest BCUT2D eigenvalue weighted by molar-refractivity contribution is 0.150. The summed E-state index contributed by atoms with van der Waals surface area (Å²) in [4.78, 5) is 0. The normalized spacial score (nSPS) is 10.3. The maximum Gasteiger partial charge on any atom is 0.0686 e. The van der Waals surface area contributed by atoms with Gasteiger partial charge in [-0.15, -0.1) is 0 Å². The molecule has 0 saturated heterocycles. The van der Waals surface area contributed by atoms with E-state index in [2.05, 4.69) is 18.8 Å². The molecule has 0 atom stereocenters. The Hall–Kier alpha value is -0.340. The third-order valence-corrected chi connectivity index (χ3v) is 1.88. The molecular formula is C11H23NO. The third-order valence-electron chi connectivity index (χ3n) is 1.88. The zero-order chi connectivity index (χ0) is 9.94. The van der Waals surface area contributed by atoms with E-state index in [0.29, 0.717) is 6.61 Å². The van der Waals surface area contributed by atoms with E-state index >= 15 is 0 Å². The van der Waals surface area contributed by atoms with Gasteiger partial charge in [-0.05, 0) is 19.0 Å². The molecule has 0 rings (SSSR count). The van der Waals surface area contributed by atoms with Crippen molar-refractivity contribution in [1.82, 2.24) is 5.32 Å². The van der Waals surface area contributed by atoms with E-state index in [0.717, 1.165) is 18.7 Å². The van der Waals surface area contributed by atoms with Crippen LogP contribution in [0.1, 0.15) is 32.6 Å². The summed E-state index contributed by atoms with van der Waals surface area (Å²) in [6, 6.07) is 0. The predicted molar refractivity (Wildman–Crippen MR) is 58.0 cm³/mol. The second-order valence-electron chi connectivity index (χ2n) is 3.39. The second-order valence-corrected chi connectivity index (χ2v) is 3.39. The zero-order valence-electron chi connectivity index (χ0n) is 9.07. The molecule has 1 N–H and O–H groups in total. The molecule has 0 heterocycles. The van der Waals surface area contributed by atoms with Crippen LogP contribution in [0.4, 0.5) is 0 Å². The fourth-order valence-corrected chi connectivity index (χ4v) is 1.15. The molecule has 2 heteroatoms. The van der Waals surface area contributed by atoms with Crippen LogP contribution in [0.25, 0.3) is 0 Å². The van der Waals surface area contributed by atoms with Gasteiger partial charge in [-0.1, -0.05) is 32.8 Å². The molecule has 78 valence electrons. The molecular weight excluding hydrogens is 162 g/mol. The highest BCUT2D eigenvalue weighted by molar-refractivity contribution is 4.96. The van der Waals surface area contributed by atoms with Crippen molar-refractivity contribution in [2.75, 3.05) is 26.8 Å². The number of likely N-dealkylation sites (N-methyl/N-ethyl adjacent to an activating group) is 1. The number of unbranched alkanes of at least 4 members (excludes halogenated alkanes) is 3. The molecule has 0 aromatic rings. The summed E-state index contributed by atoms with van der Waals surface area (Å²) < 4.78 is 5.46. The van der Waals surface area contributed by atoms with Gasteiger partial charge in [0.05, 0.1) is 6.61 Å². The van der Waals surface area contributed by atoms with Crippen molar-refractivity contribution in [1.29, 1.82) is 0 Å². The molecule has 0 aliphatic carbocycles. The van der Waals surface area contributed by atoms with Crippen molar-refractivity contribution < 1.29 is 4.74 Å². The smallest absolute Gasteiger partial charge is 0.0686 e. The Labute approximate surface area is 82.4 Å². The second kappa shape index (κ2) is 9.75. The summed E-state index contributed by atoms with van der Waals surface area (Å²) in [6.45, 7) is 8.54. The highest BCUT2D eigenvalue weighted by Gasteiger charge is 1.92. The van der Waals surface area contributed by atoms with Crippen LogP contribution in [0.15, 0.2) is 12.2 Å². The minimum Gasteiger partial charge on any atom is -0.377 e. The Bertz CT molecular complexity index is 123. The quantitative estimate of drug-likeness (QED) is 0.440. The van der Waals surface area contributed by atoms with Crippen LogP contribution >= 0.6 is 0 Å². The number of hydrogen-bond acceptors (Lipinski definition) is 2. The molecule has 0 bridgehead atoms. The molecule has 2 nitrogen and oxygen atoms in total. The van der Waals surface area contributed by atoms with Crippen LogP contribution in [0.5, 0.6) is 0 Å². The average molecular weight is 185 g/mol. The lowest BCUT2D eigenvalue weighted by Crippen LogP contribution is -2.13. The monoisotopic (exact) mass is 185 g/mol. The topological polar surface area (TPSA) is 21.3 Å². The highest BCUT2D eigenvalue weighted by atomic mass is 16.5. The van der Waals surface area contributed by atoms with E-state index < -0.39 is 0 Å². The van der Waals surface area contributed by atoms with Crippen molar-refractivity contribution in [3.63, 3.8) is 0 Å². The Balaban J connectivity index is 3.02. The van der Waals surface area contributed by atoms with Crippen molar-refractivity contribution in [2.24, 2.45) is 0 Å². The molecule has 0 aliphatic rings. The molecule has 0 fully saturated rings. The first-order valence-corrected chi connectivity index (χ1v) is 5.20. The summed E-state index contributed by atoms with van der Waals surface area (Å²) in [5.74, 6) is 0. The Morgan fingerprint density at radius 2 is 2.08 bits per heavy atom. The zero-order valence-corrected chi connectivity index (χ0v) is 9.07. The summed E-state index contributed by atoms with van der Waals surface area (Å²) >= 11 is 0. The molecule has 0 aliphatic heterocycles. The van der Waals surface area contributed by atoms with E-state index in [-0.39, 0.29) is 0 Å². The van der Waals surface area contributed by atoms with Crippen LogP contribution in [-0.2, 0) is 4.74 Å². The number of ether oxygens (including phenoxy) is 1. The fraction of sp³-hybridized carbons (Fsp3) is 0.818. The molecule has 0 aromatic carbocycles. The molecule has 0 radical (unpaired) electrons. The molecule has 0 aromatic heterocycles. The van der Waals surface area contributed by atoms with E-state index in [1.165, 1.54) is 25.7 Å². The van der Waals surface area contributed by atoms with Crippen molar-refractivity contribution >= 4 is 0 Å². The van der Waals surface area contributed by atoms with Gasteiger partial charge in [-0.2, -0.15) is 0 Å². The van der Waals surface area contributed by atoms with Crippen molar-refractivity contribution in [2.45, 2.75) is 32.6 Å². The SMILES string of the molecule is C=C(CNC)COCCCCCC. The van der Waals surface area contributed by atoms with Gasteiger partial charge in [0.1, 0.15) is 0 Å². The van der Waals surface area contributed by atoms with Gasteiger partial charge in [-0.25, -0.2) is 0 Å². The van der Waals surface area contributed by atoms with Gasteiger partial charge in [0.25, 0.3) is 0 Å². The van der Waals surface area contributed by atoms with Crippen LogP contribution in [0, 0.1) is 0 Å². The molecule has 13 heavy (non-hydrogen) atoms. The lowest BCUT2D eigenvalue weighted by Gasteiger charge is -2.06. The Morgan fingerprint density at radius 3 is 2.69 bits per heavy atom. The largest absolute Gasteiger partial charge is 0.377 e. The molecule has 0 spiro atoms. The summed E-state index contributed by atoms with van der Waals surface area (Å²) in [5.41, 5.74) is 1.12. The average Bonchev–Trinajstić information content (AvgIpc) is 2.11. The molecule has 0 saturated carbocycles. The first kappa shape index (κ1) is 12.7. The summed E-state index contributed by atoms with van der Waals surface area (Å²) in [6.07, 6.45) is 5.07. The van der Waals surface area contributed by atoms with Crippen molar-refractivity contribution in [3.8, 4) is 0 Å². The van der Waals surface area contributed by atoms with Crippen LogP contribution in [-0.4, -0.2) is 26.8 Å². The van der Waals surface area contributed by atoms with Gasteiger partial charge < -0.3 is 10.1 Å². The first-order valence-electron chi connectivity index (χ1n) is 5.20. The van der Waals surface area contributed by atoms with E-state index in [4.69, 9.17) is 4.74 Å². The van der Waals surface area contributed by atoms with Crippen LogP contribution in [0.3, 0.4) is 0 Å². The van der Waals surface area contributed by atoms with E-state index in [1.54, 1.807) is 0 Å². The minimum atomic E-state index is 0.701. The number of nitrogens with one attached hydrogen (secondary N) is 1. The van der Waals surface area contributed by atoms with Gasteiger partial charge in [0.15, 0.2) is 0 Å². The van der Waals surface area contributed by atoms with Gasteiger partial charge in [-0.3, -0.25) is 0 Å². The Morgan fingerprint density at radius 1 is 1.31 bits per heavy atom. The summed E-state index contributed by atoms with van der Waals surface area (Å²) in [7, 11) is 1.92. The first-order chi connectivity index (χ1) is 6.31. The maximum absolute atomic E-state index is 5.46. The van der Waals surface area contributed by atoms with Crippen LogP contribution in [0.2, 0.25) is 0 Å². The van der Waals surface area contributed by atoms with E-state index in [1.807, 2.05) is 7.05 Å². The maximum atomic E-state index is 5.46. The van der Waals surface area contributed by atoms with Gasteiger partial charge in [0, 0.05) is 13.2 Å². The Kier molecular flexibility index (Phi) is 9.49. The molecule has 0 amide bonds. The highest BCUT2D eigenvalue weighted by Crippen LogP contribution is 1.99. The fourth-order valence-electron chi connectivity index (χ4n) is 1.15. The van der Waals surface area contributed by atoms with Gasteiger partial charge >= 0.3 is 0 Å². The van der Waals surface area contributed by atoms with E-state index in [9.17, 15) is 0 Å². The third kappa shape index (κ3) is 9.57. The lowest BCUT2D eigenvalue weighted by atomic mass is 10.2.